The first-order valence-electron chi connectivity index (χ1n) is 8.25. The third kappa shape index (κ3) is 4.44. The van der Waals surface area contributed by atoms with Crippen LogP contribution in [0.2, 0.25) is 0 Å². The molecule has 25 heavy (non-hydrogen) atoms. The zero-order chi connectivity index (χ0) is 17.6. The largest absolute Gasteiger partial charge is 0.352 e. The summed E-state index contributed by atoms with van der Waals surface area (Å²) in [4.78, 5) is 15.5. The molecule has 0 aliphatic rings. The molecule has 0 saturated carbocycles. The van der Waals surface area contributed by atoms with E-state index in [9.17, 15) is 0 Å². The number of rotatable bonds is 6. The number of para-hydroxylation sites is 2. The van der Waals surface area contributed by atoms with Crippen LogP contribution in [0.5, 0.6) is 0 Å². The molecule has 0 aliphatic carbocycles. The lowest BCUT2D eigenvalue weighted by Crippen LogP contribution is -2.18. The van der Waals surface area contributed by atoms with Gasteiger partial charge in [-0.3, -0.25) is 0 Å². The van der Waals surface area contributed by atoms with Crippen molar-refractivity contribution < 1.29 is 0 Å². The van der Waals surface area contributed by atoms with Crippen molar-refractivity contribution in [3.63, 3.8) is 0 Å². The Morgan fingerprint density at radius 3 is 2.04 bits per heavy atom. The van der Waals surface area contributed by atoms with Crippen LogP contribution in [-0.4, -0.2) is 28.0 Å². The van der Waals surface area contributed by atoms with Crippen molar-refractivity contribution in [2.45, 2.75) is 19.9 Å². The molecule has 0 spiro atoms. The van der Waals surface area contributed by atoms with Crippen LogP contribution in [-0.2, 0) is 0 Å². The van der Waals surface area contributed by atoms with Crippen molar-refractivity contribution in [3.05, 3.63) is 60.7 Å². The molecule has 3 rings (SSSR count). The van der Waals surface area contributed by atoms with E-state index in [-0.39, 0.29) is 6.04 Å². The molecule has 0 fully saturated rings. The Bertz CT molecular complexity index is 805. The Balaban J connectivity index is 1.95. The minimum absolute atomic E-state index is 0.224. The molecule has 1 aromatic heterocycles. The molecule has 2 aromatic carbocycles. The normalized spacial score (nSPS) is 10.6. The lowest BCUT2D eigenvalue weighted by atomic mass is 10.3. The Hall–Kier alpha value is -3.15. The molecule has 128 valence electrons. The number of aromatic nitrogens is 3. The van der Waals surface area contributed by atoms with E-state index in [4.69, 9.17) is 0 Å². The van der Waals surface area contributed by atoms with Crippen LogP contribution in [0.1, 0.15) is 13.8 Å². The van der Waals surface area contributed by atoms with Gasteiger partial charge in [0.05, 0.1) is 0 Å². The number of hydrogen-bond donors (Lipinski definition) is 2. The lowest BCUT2D eigenvalue weighted by Gasteiger charge is -2.19. The van der Waals surface area contributed by atoms with Crippen molar-refractivity contribution in [1.82, 2.24) is 15.0 Å². The van der Waals surface area contributed by atoms with Gasteiger partial charge in [-0.15, -0.1) is 0 Å². The predicted octanol–water partition coefficient (Wildman–Crippen LogP) is 4.20. The standard InChI is InChI=1S/C19H22N6/c1-14(2)20-17-22-18(21-15-10-6-4-7-11-15)24-19(23-17)25(3)16-12-8-5-9-13-16/h4-14H,1-3H3,(H2,20,21,22,23,24). The van der Waals surface area contributed by atoms with Crippen molar-refractivity contribution in [2.24, 2.45) is 0 Å². The molecule has 0 unspecified atom stereocenters. The molecule has 1 heterocycles. The summed E-state index contributed by atoms with van der Waals surface area (Å²) in [6.07, 6.45) is 0. The van der Waals surface area contributed by atoms with E-state index in [1.807, 2.05) is 72.6 Å². The highest BCUT2D eigenvalue weighted by molar-refractivity contribution is 5.60. The summed E-state index contributed by atoms with van der Waals surface area (Å²) in [5, 5.41) is 6.48. The van der Waals surface area contributed by atoms with E-state index in [0.717, 1.165) is 11.4 Å². The SMILES string of the molecule is CC(C)Nc1nc(Nc2ccccc2)nc(N(C)c2ccccc2)n1. The minimum atomic E-state index is 0.224. The predicted molar refractivity (Wildman–Crippen MR) is 103 cm³/mol. The molecule has 6 heteroatoms. The quantitative estimate of drug-likeness (QED) is 0.704. The smallest absolute Gasteiger partial charge is 0.236 e. The molecule has 3 aromatic rings. The molecular weight excluding hydrogens is 312 g/mol. The van der Waals surface area contributed by atoms with Gasteiger partial charge in [-0.2, -0.15) is 15.0 Å². The summed E-state index contributed by atoms with van der Waals surface area (Å²) in [7, 11) is 1.94. The van der Waals surface area contributed by atoms with Gasteiger partial charge < -0.3 is 15.5 Å². The van der Waals surface area contributed by atoms with Crippen LogP contribution in [0.25, 0.3) is 0 Å². The third-order valence-corrected chi connectivity index (χ3v) is 3.51. The summed E-state index contributed by atoms with van der Waals surface area (Å²) in [5.74, 6) is 1.62. The highest BCUT2D eigenvalue weighted by atomic mass is 15.3. The maximum absolute atomic E-state index is 4.56. The molecule has 0 radical (unpaired) electrons. The monoisotopic (exact) mass is 334 g/mol. The van der Waals surface area contributed by atoms with E-state index >= 15 is 0 Å². The van der Waals surface area contributed by atoms with Gasteiger partial charge in [0, 0.05) is 24.5 Å². The fourth-order valence-electron chi connectivity index (χ4n) is 2.31. The second-order valence-electron chi connectivity index (χ2n) is 5.97. The Labute approximate surface area is 148 Å². The Morgan fingerprint density at radius 2 is 1.40 bits per heavy atom. The topological polar surface area (TPSA) is 66.0 Å². The number of hydrogen-bond acceptors (Lipinski definition) is 6. The van der Waals surface area contributed by atoms with Gasteiger partial charge in [-0.25, -0.2) is 0 Å². The maximum Gasteiger partial charge on any atom is 0.236 e. The molecule has 0 bridgehead atoms. The van der Waals surface area contributed by atoms with E-state index in [1.54, 1.807) is 0 Å². The van der Waals surface area contributed by atoms with Crippen LogP contribution < -0.4 is 15.5 Å². The van der Waals surface area contributed by atoms with Gasteiger partial charge in [-0.05, 0) is 38.1 Å². The highest BCUT2D eigenvalue weighted by Crippen LogP contribution is 2.23. The highest BCUT2D eigenvalue weighted by Gasteiger charge is 2.12. The van der Waals surface area contributed by atoms with Gasteiger partial charge in [0.15, 0.2) is 0 Å². The van der Waals surface area contributed by atoms with Gasteiger partial charge in [0.2, 0.25) is 17.8 Å². The molecule has 0 aliphatic heterocycles. The maximum atomic E-state index is 4.56. The average Bonchev–Trinajstić information content (AvgIpc) is 2.62. The fraction of sp³-hybridized carbons (Fsp3) is 0.211. The van der Waals surface area contributed by atoms with Crippen molar-refractivity contribution >= 4 is 29.2 Å². The summed E-state index contributed by atoms with van der Waals surface area (Å²) in [5.41, 5.74) is 1.94. The van der Waals surface area contributed by atoms with E-state index in [0.29, 0.717) is 17.8 Å². The zero-order valence-corrected chi connectivity index (χ0v) is 14.6. The number of benzene rings is 2. The first-order chi connectivity index (χ1) is 12.1. The van der Waals surface area contributed by atoms with Crippen molar-refractivity contribution in [1.29, 1.82) is 0 Å². The first kappa shape index (κ1) is 16.7. The van der Waals surface area contributed by atoms with E-state index in [2.05, 4.69) is 39.4 Å². The number of nitrogens with zero attached hydrogens (tertiary/aromatic N) is 4. The van der Waals surface area contributed by atoms with Gasteiger partial charge in [0.1, 0.15) is 0 Å². The number of nitrogens with one attached hydrogen (secondary N) is 2. The lowest BCUT2D eigenvalue weighted by molar-refractivity contribution is 0.864. The van der Waals surface area contributed by atoms with Crippen LogP contribution in [0, 0.1) is 0 Å². The van der Waals surface area contributed by atoms with Crippen molar-refractivity contribution in [2.75, 3.05) is 22.6 Å². The van der Waals surface area contributed by atoms with E-state index in [1.165, 1.54) is 0 Å². The van der Waals surface area contributed by atoms with Crippen LogP contribution in [0.15, 0.2) is 60.7 Å². The Kier molecular flexibility index (Phi) is 5.09. The van der Waals surface area contributed by atoms with Gasteiger partial charge in [-0.1, -0.05) is 36.4 Å². The summed E-state index contributed by atoms with van der Waals surface area (Å²) < 4.78 is 0. The van der Waals surface area contributed by atoms with E-state index < -0.39 is 0 Å². The zero-order valence-electron chi connectivity index (χ0n) is 14.6. The first-order valence-corrected chi connectivity index (χ1v) is 8.25. The molecule has 2 N–H and O–H groups in total. The third-order valence-electron chi connectivity index (χ3n) is 3.51. The second kappa shape index (κ2) is 7.61. The second-order valence-corrected chi connectivity index (χ2v) is 5.97. The molecule has 6 nitrogen and oxygen atoms in total. The molecule has 0 atom stereocenters. The van der Waals surface area contributed by atoms with Gasteiger partial charge in [0.25, 0.3) is 0 Å². The Morgan fingerprint density at radius 1 is 0.800 bits per heavy atom. The van der Waals surface area contributed by atoms with Crippen LogP contribution >= 0.6 is 0 Å². The van der Waals surface area contributed by atoms with Crippen LogP contribution in [0.3, 0.4) is 0 Å². The summed E-state index contributed by atoms with van der Waals surface area (Å²) in [6, 6.07) is 20.1. The molecule has 0 amide bonds. The molecular formula is C19H22N6. The van der Waals surface area contributed by atoms with Crippen LogP contribution in [0.4, 0.5) is 29.2 Å². The average molecular weight is 334 g/mol. The minimum Gasteiger partial charge on any atom is -0.352 e. The molecule has 0 saturated heterocycles. The van der Waals surface area contributed by atoms with Gasteiger partial charge >= 0.3 is 0 Å². The summed E-state index contributed by atoms with van der Waals surface area (Å²) in [6.45, 7) is 4.10. The summed E-state index contributed by atoms with van der Waals surface area (Å²) >= 11 is 0. The fourth-order valence-corrected chi connectivity index (χ4v) is 2.31. The number of anilines is 5. The van der Waals surface area contributed by atoms with Crippen molar-refractivity contribution in [3.8, 4) is 0 Å².